The van der Waals surface area contributed by atoms with Crippen LogP contribution >= 0.6 is 0 Å². The Bertz CT molecular complexity index is 861. The van der Waals surface area contributed by atoms with Crippen LogP contribution in [0.2, 0.25) is 0 Å². The fraction of sp³-hybridized carbons (Fsp3) is 0.364. The summed E-state index contributed by atoms with van der Waals surface area (Å²) in [6, 6.07) is 11.6. The first-order chi connectivity index (χ1) is 14.0. The summed E-state index contributed by atoms with van der Waals surface area (Å²) in [5.74, 6) is -0.450. The van der Waals surface area contributed by atoms with Crippen LogP contribution < -0.4 is 15.8 Å². The average molecular weight is 397 g/mol. The molecule has 1 atom stereocenters. The highest BCUT2D eigenvalue weighted by Crippen LogP contribution is 2.32. The number of carboxylic acid groups (broad SMARTS) is 1. The van der Waals surface area contributed by atoms with Crippen LogP contribution in [-0.4, -0.2) is 36.2 Å². The molecule has 0 aliphatic carbocycles. The number of rotatable bonds is 8. The third-order valence-electron chi connectivity index (χ3n) is 5.01. The molecule has 0 unspecified atom stereocenters. The van der Waals surface area contributed by atoms with Crippen molar-refractivity contribution in [3.05, 3.63) is 59.2 Å². The number of aryl methyl sites for hydroxylation is 1. The van der Waals surface area contributed by atoms with Gasteiger partial charge in [0.1, 0.15) is 17.7 Å². The number of hydrogen-bond donors (Lipinski definition) is 4. The summed E-state index contributed by atoms with van der Waals surface area (Å²) in [6.07, 6.45) is 2.38. The van der Waals surface area contributed by atoms with Crippen LogP contribution in [0, 0.1) is 5.41 Å². The van der Waals surface area contributed by atoms with E-state index in [4.69, 9.17) is 20.6 Å². The van der Waals surface area contributed by atoms with Gasteiger partial charge < -0.3 is 25.6 Å². The van der Waals surface area contributed by atoms with Gasteiger partial charge in [0.25, 0.3) is 0 Å². The van der Waals surface area contributed by atoms with Gasteiger partial charge in [-0.25, -0.2) is 4.79 Å². The molecule has 5 N–H and O–H groups in total. The van der Waals surface area contributed by atoms with E-state index in [0.717, 1.165) is 24.8 Å². The zero-order valence-corrected chi connectivity index (χ0v) is 16.5. The highest BCUT2D eigenvalue weighted by atomic mass is 16.5. The van der Waals surface area contributed by atoms with Crippen molar-refractivity contribution in [1.29, 1.82) is 5.41 Å². The molecule has 1 heterocycles. The van der Waals surface area contributed by atoms with Crippen LogP contribution in [0.25, 0.3) is 0 Å². The Morgan fingerprint density at radius 3 is 2.55 bits per heavy atom. The number of hydrogen-bond acceptors (Lipinski definition) is 5. The quantitative estimate of drug-likeness (QED) is 0.401. The molecule has 0 amide bonds. The maximum absolute atomic E-state index is 12.1. The van der Waals surface area contributed by atoms with Crippen LogP contribution in [0.3, 0.4) is 0 Å². The van der Waals surface area contributed by atoms with E-state index in [-0.39, 0.29) is 11.9 Å². The summed E-state index contributed by atoms with van der Waals surface area (Å²) in [4.78, 5) is 12.1. The van der Waals surface area contributed by atoms with Crippen LogP contribution in [0.5, 0.6) is 5.75 Å². The van der Waals surface area contributed by atoms with Crippen molar-refractivity contribution < 1.29 is 19.4 Å². The van der Waals surface area contributed by atoms with Crippen molar-refractivity contribution in [2.75, 3.05) is 18.5 Å². The summed E-state index contributed by atoms with van der Waals surface area (Å²) in [6.45, 7) is 3.33. The number of carbonyl (C=O) groups is 1. The maximum atomic E-state index is 12.1. The highest BCUT2D eigenvalue weighted by molar-refractivity contribution is 5.95. The molecule has 0 bridgehead atoms. The van der Waals surface area contributed by atoms with Gasteiger partial charge in [-0.2, -0.15) is 0 Å². The summed E-state index contributed by atoms with van der Waals surface area (Å²) >= 11 is 0. The molecule has 1 aliphatic heterocycles. The van der Waals surface area contributed by atoms with Crippen LogP contribution in [0.1, 0.15) is 42.5 Å². The molecule has 1 aliphatic rings. The first kappa shape index (κ1) is 20.7. The standard InChI is InChI=1S/C22H27N3O4/c1-2-14-3-8-19(29-17-9-11-28-12-10-17)18(13-14)20(22(26)27)25-16-6-4-15(5-7-16)21(23)24/h3-8,13,17,20,25H,2,9-12H2,1H3,(H3,23,24)(H,26,27)/t20-/m1/s1. The van der Waals surface area contributed by atoms with Gasteiger partial charge in [0.2, 0.25) is 0 Å². The fourth-order valence-electron chi connectivity index (χ4n) is 3.31. The SMILES string of the molecule is CCc1ccc(OC2CCOCC2)c([C@@H](Nc2ccc(C(=N)N)cc2)C(=O)O)c1. The Morgan fingerprint density at radius 2 is 1.97 bits per heavy atom. The van der Waals surface area contributed by atoms with E-state index in [1.54, 1.807) is 24.3 Å². The molecule has 0 saturated carbocycles. The number of ether oxygens (including phenoxy) is 2. The lowest BCUT2D eigenvalue weighted by Gasteiger charge is -2.26. The monoisotopic (exact) mass is 397 g/mol. The minimum Gasteiger partial charge on any atom is -0.490 e. The molecular formula is C22H27N3O4. The number of anilines is 1. The molecule has 2 aromatic carbocycles. The van der Waals surface area contributed by atoms with E-state index in [2.05, 4.69) is 5.32 Å². The highest BCUT2D eigenvalue weighted by Gasteiger charge is 2.26. The Labute approximate surface area is 170 Å². The first-order valence-corrected chi connectivity index (χ1v) is 9.79. The molecule has 29 heavy (non-hydrogen) atoms. The fourth-order valence-corrected chi connectivity index (χ4v) is 3.31. The predicted octanol–water partition coefficient (Wildman–Crippen LogP) is 3.33. The Kier molecular flexibility index (Phi) is 6.72. The number of benzene rings is 2. The molecule has 0 spiro atoms. The molecule has 1 fully saturated rings. The predicted molar refractivity (Wildman–Crippen MR) is 112 cm³/mol. The van der Waals surface area contributed by atoms with Gasteiger partial charge >= 0.3 is 5.97 Å². The zero-order chi connectivity index (χ0) is 20.8. The van der Waals surface area contributed by atoms with Gasteiger partial charge in [-0.3, -0.25) is 5.41 Å². The number of nitrogens with one attached hydrogen (secondary N) is 2. The Hall–Kier alpha value is -3.06. The van der Waals surface area contributed by atoms with Crippen molar-refractivity contribution in [2.24, 2.45) is 5.73 Å². The summed E-state index contributed by atoms with van der Waals surface area (Å²) < 4.78 is 11.6. The second kappa shape index (κ2) is 9.43. The molecule has 7 heteroatoms. The third kappa shape index (κ3) is 5.26. The molecule has 154 valence electrons. The van der Waals surface area contributed by atoms with Gasteiger partial charge in [-0.05, 0) is 48.4 Å². The van der Waals surface area contributed by atoms with Gasteiger partial charge in [0.15, 0.2) is 6.04 Å². The van der Waals surface area contributed by atoms with Crippen LogP contribution in [0.15, 0.2) is 42.5 Å². The van der Waals surface area contributed by atoms with Crippen LogP contribution in [-0.2, 0) is 16.0 Å². The lowest BCUT2D eigenvalue weighted by molar-refractivity contribution is -0.138. The van der Waals surface area contributed by atoms with E-state index >= 15 is 0 Å². The third-order valence-corrected chi connectivity index (χ3v) is 5.01. The lowest BCUT2D eigenvalue weighted by atomic mass is 10.0. The number of nitrogens with two attached hydrogens (primary N) is 1. The van der Waals surface area contributed by atoms with Crippen molar-refractivity contribution in [1.82, 2.24) is 0 Å². The topological polar surface area (TPSA) is 118 Å². The van der Waals surface area contributed by atoms with E-state index in [9.17, 15) is 9.90 Å². The van der Waals surface area contributed by atoms with Gasteiger partial charge in [-0.15, -0.1) is 0 Å². The van der Waals surface area contributed by atoms with Gasteiger partial charge in [-0.1, -0.05) is 13.0 Å². The van der Waals surface area contributed by atoms with E-state index in [1.807, 2.05) is 25.1 Å². The van der Waals surface area contributed by atoms with Gasteiger partial charge in [0, 0.05) is 29.7 Å². The summed E-state index contributed by atoms with van der Waals surface area (Å²) in [5.41, 5.74) is 8.33. The average Bonchev–Trinajstić information content (AvgIpc) is 2.73. The largest absolute Gasteiger partial charge is 0.490 e. The molecule has 2 aromatic rings. The Morgan fingerprint density at radius 1 is 1.28 bits per heavy atom. The van der Waals surface area contributed by atoms with Crippen molar-refractivity contribution in [3.63, 3.8) is 0 Å². The van der Waals surface area contributed by atoms with Crippen LogP contribution in [0.4, 0.5) is 5.69 Å². The van der Waals surface area contributed by atoms with E-state index in [1.165, 1.54) is 0 Å². The minimum atomic E-state index is -0.995. The first-order valence-electron chi connectivity index (χ1n) is 9.79. The normalized spacial score (nSPS) is 15.5. The number of aliphatic carboxylic acids is 1. The van der Waals surface area contributed by atoms with Gasteiger partial charge in [0.05, 0.1) is 13.2 Å². The van der Waals surface area contributed by atoms with Crippen molar-refractivity contribution >= 4 is 17.5 Å². The number of carboxylic acids is 1. The smallest absolute Gasteiger partial charge is 0.330 e. The molecule has 3 rings (SSSR count). The summed E-state index contributed by atoms with van der Waals surface area (Å²) in [5, 5.41) is 20.5. The van der Waals surface area contributed by atoms with E-state index in [0.29, 0.717) is 35.8 Å². The molecule has 0 radical (unpaired) electrons. The Balaban J connectivity index is 1.89. The number of nitrogen functional groups attached to an aromatic ring is 1. The molecule has 7 nitrogen and oxygen atoms in total. The minimum absolute atomic E-state index is 0.0132. The second-order valence-corrected chi connectivity index (χ2v) is 7.06. The zero-order valence-electron chi connectivity index (χ0n) is 16.5. The molecule has 0 aromatic heterocycles. The second-order valence-electron chi connectivity index (χ2n) is 7.06. The maximum Gasteiger partial charge on any atom is 0.330 e. The van der Waals surface area contributed by atoms with Crippen molar-refractivity contribution in [2.45, 2.75) is 38.3 Å². The summed E-state index contributed by atoms with van der Waals surface area (Å²) in [7, 11) is 0. The number of amidine groups is 1. The molecule has 1 saturated heterocycles. The molecular weight excluding hydrogens is 370 g/mol. The lowest BCUT2D eigenvalue weighted by Crippen LogP contribution is -2.28. The van der Waals surface area contributed by atoms with E-state index < -0.39 is 12.0 Å². The van der Waals surface area contributed by atoms with Crippen molar-refractivity contribution in [3.8, 4) is 5.75 Å².